The number of halogens is 1. The molecular weight excluding hydrogens is 366 g/mol. The number of hydrogen-bond donors (Lipinski definition) is 0. The number of rotatable bonds is 6. The summed E-state index contributed by atoms with van der Waals surface area (Å²) in [6.07, 6.45) is 5.14. The van der Waals surface area contributed by atoms with Crippen LogP contribution in [0, 0.1) is 6.92 Å². The fourth-order valence-corrected chi connectivity index (χ4v) is 2.99. The molecule has 0 N–H and O–H groups in total. The zero-order valence-corrected chi connectivity index (χ0v) is 15.5. The quantitative estimate of drug-likeness (QED) is 0.586. The Kier molecular flexibility index (Phi) is 4.81. The predicted molar refractivity (Wildman–Crippen MR) is 101 cm³/mol. The average molecular weight is 384 g/mol. The maximum Gasteiger partial charge on any atom is 0.249 e. The molecule has 6 nitrogen and oxygen atoms in total. The van der Waals surface area contributed by atoms with E-state index in [9.17, 15) is 4.79 Å². The second kappa shape index (κ2) is 7.40. The SMILES string of the molecule is Cc1ccc(/C=C/C(=O)N(Cc2nnc(-c3ccccc3Cl)o2)C2CC2)o1. The normalized spacial score (nSPS) is 14.0. The lowest BCUT2D eigenvalue weighted by Gasteiger charge is -2.18. The maximum atomic E-state index is 12.6. The number of amides is 1. The van der Waals surface area contributed by atoms with Gasteiger partial charge in [0.2, 0.25) is 17.7 Å². The zero-order valence-electron chi connectivity index (χ0n) is 14.8. The van der Waals surface area contributed by atoms with Gasteiger partial charge >= 0.3 is 0 Å². The molecule has 1 fully saturated rings. The highest BCUT2D eigenvalue weighted by atomic mass is 35.5. The van der Waals surface area contributed by atoms with Crippen LogP contribution in [0.3, 0.4) is 0 Å². The van der Waals surface area contributed by atoms with Gasteiger partial charge in [0.25, 0.3) is 0 Å². The van der Waals surface area contributed by atoms with Gasteiger partial charge in [0, 0.05) is 12.1 Å². The third-order valence-corrected chi connectivity index (χ3v) is 4.63. The van der Waals surface area contributed by atoms with Gasteiger partial charge in [-0.15, -0.1) is 10.2 Å². The predicted octanol–water partition coefficient (Wildman–Crippen LogP) is 4.50. The van der Waals surface area contributed by atoms with E-state index in [2.05, 4.69) is 10.2 Å². The molecule has 2 heterocycles. The van der Waals surface area contributed by atoms with Crippen molar-refractivity contribution in [3.8, 4) is 11.5 Å². The fourth-order valence-electron chi connectivity index (χ4n) is 2.77. The van der Waals surface area contributed by atoms with Crippen LogP contribution in [0.1, 0.15) is 30.3 Å². The molecule has 4 rings (SSSR count). The summed E-state index contributed by atoms with van der Waals surface area (Å²) in [5.74, 6) is 2.08. The second-order valence-corrected chi connectivity index (χ2v) is 6.87. The third-order valence-electron chi connectivity index (χ3n) is 4.30. The van der Waals surface area contributed by atoms with Crippen LogP contribution < -0.4 is 0 Å². The summed E-state index contributed by atoms with van der Waals surface area (Å²) in [6.45, 7) is 2.13. The summed E-state index contributed by atoms with van der Waals surface area (Å²) >= 11 is 6.18. The Labute approximate surface area is 161 Å². The average Bonchev–Trinajstić information content (AvgIpc) is 3.25. The van der Waals surface area contributed by atoms with Gasteiger partial charge in [-0.3, -0.25) is 4.79 Å². The monoisotopic (exact) mass is 383 g/mol. The van der Waals surface area contributed by atoms with Gasteiger partial charge in [0.05, 0.1) is 17.1 Å². The molecule has 7 heteroatoms. The topological polar surface area (TPSA) is 72.4 Å². The van der Waals surface area contributed by atoms with E-state index in [1.54, 1.807) is 17.0 Å². The van der Waals surface area contributed by atoms with Gasteiger partial charge in [0.15, 0.2) is 0 Å². The van der Waals surface area contributed by atoms with E-state index < -0.39 is 0 Å². The highest BCUT2D eigenvalue weighted by Gasteiger charge is 2.33. The molecular formula is C20H18ClN3O3. The van der Waals surface area contributed by atoms with Crippen LogP contribution in [-0.2, 0) is 11.3 Å². The summed E-state index contributed by atoms with van der Waals surface area (Å²) in [7, 11) is 0. The van der Waals surface area contributed by atoms with Gasteiger partial charge in [-0.05, 0) is 50.1 Å². The molecule has 2 aromatic heterocycles. The van der Waals surface area contributed by atoms with Gasteiger partial charge in [0.1, 0.15) is 11.5 Å². The highest BCUT2D eigenvalue weighted by Crippen LogP contribution is 2.30. The van der Waals surface area contributed by atoms with Gasteiger partial charge in [-0.2, -0.15) is 0 Å². The molecule has 1 amide bonds. The molecule has 0 aliphatic heterocycles. The van der Waals surface area contributed by atoms with E-state index >= 15 is 0 Å². The molecule has 0 saturated heterocycles. The largest absolute Gasteiger partial charge is 0.462 e. The van der Waals surface area contributed by atoms with Crippen molar-refractivity contribution in [3.63, 3.8) is 0 Å². The molecule has 0 radical (unpaired) electrons. The Morgan fingerprint density at radius 1 is 1.22 bits per heavy atom. The first-order chi connectivity index (χ1) is 13.1. The first-order valence-electron chi connectivity index (χ1n) is 8.72. The first kappa shape index (κ1) is 17.5. The molecule has 3 aromatic rings. The smallest absolute Gasteiger partial charge is 0.249 e. The molecule has 138 valence electrons. The van der Waals surface area contributed by atoms with Crippen molar-refractivity contribution in [2.45, 2.75) is 32.4 Å². The zero-order chi connectivity index (χ0) is 18.8. The molecule has 1 aliphatic rings. The van der Waals surface area contributed by atoms with Crippen molar-refractivity contribution in [2.75, 3.05) is 0 Å². The van der Waals surface area contributed by atoms with Crippen LogP contribution in [0.5, 0.6) is 0 Å². The minimum absolute atomic E-state index is 0.107. The summed E-state index contributed by atoms with van der Waals surface area (Å²) in [4.78, 5) is 14.4. The number of carbonyl (C=O) groups excluding carboxylic acids is 1. The Balaban J connectivity index is 1.48. The molecule has 0 unspecified atom stereocenters. The van der Waals surface area contributed by atoms with E-state index in [1.165, 1.54) is 6.08 Å². The van der Waals surface area contributed by atoms with Crippen LogP contribution >= 0.6 is 11.6 Å². The fraction of sp³-hybridized carbons (Fsp3) is 0.250. The number of furan rings is 1. The van der Waals surface area contributed by atoms with Crippen molar-refractivity contribution in [1.29, 1.82) is 0 Å². The lowest BCUT2D eigenvalue weighted by molar-refractivity contribution is -0.127. The number of benzene rings is 1. The van der Waals surface area contributed by atoms with Crippen LogP contribution in [0.4, 0.5) is 0 Å². The van der Waals surface area contributed by atoms with Gasteiger partial charge in [-0.25, -0.2) is 0 Å². The Hall–Kier alpha value is -2.86. The number of hydrogen-bond acceptors (Lipinski definition) is 5. The lowest BCUT2D eigenvalue weighted by atomic mass is 10.2. The third kappa shape index (κ3) is 4.11. The van der Waals surface area contributed by atoms with Crippen molar-refractivity contribution in [1.82, 2.24) is 15.1 Å². The number of nitrogens with zero attached hydrogens (tertiary/aromatic N) is 3. The molecule has 1 aliphatic carbocycles. The number of aryl methyl sites for hydroxylation is 1. The Bertz CT molecular complexity index is 988. The Morgan fingerprint density at radius 2 is 2.04 bits per heavy atom. The van der Waals surface area contributed by atoms with E-state index in [-0.39, 0.29) is 18.5 Å². The van der Waals surface area contributed by atoms with E-state index in [1.807, 2.05) is 37.3 Å². The van der Waals surface area contributed by atoms with Gasteiger partial charge < -0.3 is 13.7 Å². The molecule has 1 saturated carbocycles. The molecule has 27 heavy (non-hydrogen) atoms. The number of aromatic nitrogens is 2. The first-order valence-corrected chi connectivity index (χ1v) is 9.10. The molecule has 1 aromatic carbocycles. The summed E-state index contributed by atoms with van der Waals surface area (Å²) in [6, 6.07) is 11.2. The van der Waals surface area contributed by atoms with Crippen molar-refractivity contribution in [3.05, 3.63) is 64.9 Å². The lowest BCUT2D eigenvalue weighted by Crippen LogP contribution is -2.31. The molecule has 0 bridgehead atoms. The van der Waals surface area contributed by atoms with Crippen LogP contribution in [0.25, 0.3) is 17.5 Å². The minimum atomic E-state index is -0.107. The van der Waals surface area contributed by atoms with Crippen molar-refractivity contribution >= 4 is 23.6 Å². The van der Waals surface area contributed by atoms with Crippen LogP contribution in [0.15, 0.2) is 51.3 Å². The van der Waals surface area contributed by atoms with Crippen molar-refractivity contribution < 1.29 is 13.6 Å². The summed E-state index contributed by atoms with van der Waals surface area (Å²) in [5.41, 5.74) is 0.676. The van der Waals surface area contributed by atoms with Crippen molar-refractivity contribution in [2.24, 2.45) is 0 Å². The maximum absolute atomic E-state index is 12.6. The standard InChI is InChI=1S/C20H18ClN3O3/c1-13-6-9-15(26-13)10-11-19(25)24(14-7-8-14)12-18-22-23-20(27-18)16-4-2-3-5-17(16)21/h2-6,9-11,14H,7-8,12H2,1H3/b11-10+. The summed E-state index contributed by atoms with van der Waals surface area (Å²) in [5, 5.41) is 8.68. The molecule has 0 spiro atoms. The molecule has 0 atom stereocenters. The van der Waals surface area contributed by atoms with E-state index in [4.69, 9.17) is 20.4 Å². The van der Waals surface area contributed by atoms with Crippen LogP contribution in [0.2, 0.25) is 5.02 Å². The summed E-state index contributed by atoms with van der Waals surface area (Å²) < 4.78 is 11.2. The van der Waals surface area contributed by atoms with Gasteiger partial charge in [-0.1, -0.05) is 23.7 Å². The second-order valence-electron chi connectivity index (χ2n) is 6.46. The van der Waals surface area contributed by atoms with E-state index in [0.29, 0.717) is 28.1 Å². The van der Waals surface area contributed by atoms with Crippen LogP contribution in [-0.4, -0.2) is 27.0 Å². The highest BCUT2D eigenvalue weighted by molar-refractivity contribution is 6.33. The van der Waals surface area contributed by atoms with E-state index in [0.717, 1.165) is 18.6 Å². The minimum Gasteiger partial charge on any atom is -0.462 e. The number of carbonyl (C=O) groups is 1. The Morgan fingerprint density at radius 3 is 2.74 bits per heavy atom.